The minimum absolute atomic E-state index is 0.162. The molecule has 1 aliphatic heterocycles. The summed E-state index contributed by atoms with van der Waals surface area (Å²) in [5, 5.41) is 41.4. The number of benzene rings is 2. The molecule has 0 radical (unpaired) electrons. The van der Waals surface area contributed by atoms with Crippen molar-refractivity contribution in [1.82, 2.24) is 0 Å². The highest BCUT2D eigenvalue weighted by molar-refractivity contribution is 6.21. The fourth-order valence-corrected chi connectivity index (χ4v) is 4.80. The van der Waals surface area contributed by atoms with Crippen molar-refractivity contribution in [3.63, 3.8) is 0 Å². The van der Waals surface area contributed by atoms with Gasteiger partial charge in [0, 0.05) is 5.57 Å². The highest BCUT2D eigenvalue weighted by Gasteiger charge is 2.53. The van der Waals surface area contributed by atoms with Crippen LogP contribution in [0.2, 0.25) is 0 Å². The standard InChI is InChI=1S/C24H18O8/c1-9-13-12(25)8-11-14(15(13)23(32-9)10-6-4-3-5-7-10)19(27)17-16(18(11)26)20(28)21(29)22(30)24(17)31-2/h3-8,11,14,23,25,28-30H,1H2,2H3/t11?,14?,23-/m1/s1. The van der Waals surface area contributed by atoms with E-state index in [1.54, 1.807) is 24.3 Å². The maximum Gasteiger partial charge on any atom is 0.205 e. The molecule has 8 nitrogen and oxygen atoms in total. The summed E-state index contributed by atoms with van der Waals surface area (Å²) < 4.78 is 11.0. The van der Waals surface area contributed by atoms with Crippen LogP contribution in [0.3, 0.4) is 0 Å². The van der Waals surface area contributed by atoms with Gasteiger partial charge < -0.3 is 29.9 Å². The van der Waals surface area contributed by atoms with Crippen molar-refractivity contribution in [2.24, 2.45) is 11.8 Å². The van der Waals surface area contributed by atoms with Crippen LogP contribution in [0.1, 0.15) is 32.4 Å². The minimum atomic E-state index is -1.16. The normalized spacial score (nSPS) is 23.8. The van der Waals surface area contributed by atoms with Crippen molar-refractivity contribution in [3.05, 3.63) is 82.3 Å². The van der Waals surface area contributed by atoms with E-state index in [2.05, 4.69) is 6.58 Å². The molecule has 3 aliphatic rings. The number of aliphatic hydroxyl groups excluding tert-OH is 1. The Bertz CT molecular complexity index is 1290. The van der Waals surface area contributed by atoms with Crippen LogP contribution in [0.4, 0.5) is 0 Å². The Morgan fingerprint density at radius 3 is 2.28 bits per heavy atom. The highest BCUT2D eigenvalue weighted by Crippen LogP contribution is 2.57. The number of aromatic hydroxyl groups is 3. The second kappa shape index (κ2) is 6.65. The number of ether oxygens (including phenoxy) is 2. The zero-order chi connectivity index (χ0) is 22.9. The summed E-state index contributed by atoms with van der Waals surface area (Å²) >= 11 is 0. The molecule has 0 spiro atoms. The molecule has 32 heavy (non-hydrogen) atoms. The Morgan fingerprint density at radius 2 is 1.62 bits per heavy atom. The van der Waals surface area contributed by atoms with Crippen LogP contribution in [0.25, 0.3) is 0 Å². The molecular formula is C24H18O8. The molecule has 0 fully saturated rings. The zero-order valence-electron chi connectivity index (χ0n) is 16.8. The quantitative estimate of drug-likeness (QED) is 0.528. The number of aliphatic hydroxyl groups is 1. The third-order valence-electron chi connectivity index (χ3n) is 6.16. The number of hydrogen-bond acceptors (Lipinski definition) is 8. The van der Waals surface area contributed by atoms with Crippen molar-refractivity contribution in [2.45, 2.75) is 6.10 Å². The molecule has 0 saturated heterocycles. The molecule has 4 N–H and O–H groups in total. The molecule has 5 rings (SSSR count). The second-order valence-corrected chi connectivity index (χ2v) is 7.78. The van der Waals surface area contributed by atoms with Crippen LogP contribution in [0, 0.1) is 11.8 Å². The number of Topliss-reactive ketones (excluding diaryl/α,β-unsaturated/α-hetero) is 2. The van der Waals surface area contributed by atoms with E-state index in [9.17, 15) is 30.0 Å². The molecule has 0 aromatic heterocycles. The first-order chi connectivity index (χ1) is 15.3. The van der Waals surface area contributed by atoms with Crippen LogP contribution in [-0.2, 0) is 4.74 Å². The van der Waals surface area contributed by atoms with E-state index in [1.807, 2.05) is 6.07 Å². The molecule has 2 unspecified atom stereocenters. The molecular weight excluding hydrogens is 416 g/mol. The molecule has 0 saturated carbocycles. The van der Waals surface area contributed by atoms with Crippen LogP contribution >= 0.6 is 0 Å². The summed E-state index contributed by atoms with van der Waals surface area (Å²) in [6.45, 7) is 3.85. The molecule has 0 amide bonds. The maximum atomic E-state index is 13.8. The topological polar surface area (TPSA) is 134 Å². The number of carbonyl (C=O) groups excluding carboxylic acids is 2. The Kier molecular flexibility index (Phi) is 4.10. The van der Waals surface area contributed by atoms with Crippen molar-refractivity contribution >= 4 is 11.6 Å². The lowest BCUT2D eigenvalue weighted by atomic mass is 9.65. The summed E-state index contributed by atoms with van der Waals surface area (Å²) in [6.07, 6.45) is 0.454. The van der Waals surface area contributed by atoms with E-state index >= 15 is 0 Å². The first-order valence-electron chi connectivity index (χ1n) is 9.77. The fourth-order valence-electron chi connectivity index (χ4n) is 4.80. The summed E-state index contributed by atoms with van der Waals surface area (Å²) in [5.74, 6) is -6.84. The average molecular weight is 434 g/mol. The zero-order valence-corrected chi connectivity index (χ0v) is 16.8. The van der Waals surface area contributed by atoms with Crippen LogP contribution in [0.5, 0.6) is 23.0 Å². The lowest BCUT2D eigenvalue weighted by Gasteiger charge is -2.35. The van der Waals surface area contributed by atoms with Gasteiger partial charge in [-0.2, -0.15) is 0 Å². The van der Waals surface area contributed by atoms with Gasteiger partial charge in [-0.25, -0.2) is 0 Å². The number of ketones is 2. The molecule has 2 aromatic rings. The van der Waals surface area contributed by atoms with Gasteiger partial charge in [0.15, 0.2) is 23.1 Å². The number of methoxy groups -OCH3 is 1. The predicted molar refractivity (Wildman–Crippen MR) is 111 cm³/mol. The highest BCUT2D eigenvalue weighted by atomic mass is 16.5. The first-order valence-corrected chi connectivity index (χ1v) is 9.77. The van der Waals surface area contributed by atoms with E-state index in [4.69, 9.17) is 9.47 Å². The van der Waals surface area contributed by atoms with Crippen molar-refractivity contribution in [1.29, 1.82) is 0 Å². The van der Waals surface area contributed by atoms with Crippen LogP contribution in [0.15, 0.2) is 65.7 Å². The smallest absolute Gasteiger partial charge is 0.205 e. The first kappa shape index (κ1) is 19.7. The van der Waals surface area contributed by atoms with Crippen molar-refractivity contribution in [3.8, 4) is 23.0 Å². The number of phenolic OH excluding ortho intramolecular Hbond substituents is 3. The third kappa shape index (κ3) is 2.37. The van der Waals surface area contributed by atoms with E-state index in [0.717, 1.165) is 0 Å². The molecule has 162 valence electrons. The summed E-state index contributed by atoms with van der Waals surface area (Å²) in [7, 11) is 1.17. The molecule has 2 aromatic carbocycles. The van der Waals surface area contributed by atoms with E-state index < -0.39 is 58.1 Å². The number of phenols is 3. The summed E-state index contributed by atoms with van der Waals surface area (Å²) in [4.78, 5) is 27.2. The van der Waals surface area contributed by atoms with Gasteiger partial charge in [0.25, 0.3) is 0 Å². The van der Waals surface area contributed by atoms with Gasteiger partial charge in [0.1, 0.15) is 17.6 Å². The van der Waals surface area contributed by atoms with Gasteiger partial charge in [-0.15, -0.1) is 0 Å². The largest absolute Gasteiger partial charge is 0.507 e. The van der Waals surface area contributed by atoms with Gasteiger partial charge in [0.05, 0.1) is 35.6 Å². The Hall–Kier alpha value is -4.20. The average Bonchev–Trinajstić information content (AvgIpc) is 3.14. The van der Waals surface area contributed by atoms with E-state index in [-0.39, 0.29) is 22.7 Å². The lowest BCUT2D eigenvalue weighted by molar-refractivity contribution is 0.0760. The Morgan fingerprint density at radius 1 is 0.938 bits per heavy atom. The van der Waals surface area contributed by atoms with Gasteiger partial charge in [-0.05, 0) is 11.6 Å². The summed E-state index contributed by atoms with van der Waals surface area (Å²) in [6, 6.07) is 8.98. The van der Waals surface area contributed by atoms with Gasteiger partial charge >= 0.3 is 0 Å². The Balaban J connectivity index is 1.78. The monoisotopic (exact) mass is 434 g/mol. The van der Waals surface area contributed by atoms with Gasteiger partial charge in [-0.3, -0.25) is 9.59 Å². The molecule has 0 bridgehead atoms. The van der Waals surface area contributed by atoms with Crippen LogP contribution in [-0.4, -0.2) is 39.1 Å². The SMILES string of the molecule is C=C1O[C@H](c2ccccc2)C2=C1C(O)=CC1C(=O)c3c(O)c(O)c(O)c(OC)c3C(=O)C21. The van der Waals surface area contributed by atoms with E-state index in [0.29, 0.717) is 11.1 Å². The second-order valence-electron chi connectivity index (χ2n) is 7.78. The summed E-state index contributed by atoms with van der Waals surface area (Å²) in [5.41, 5.74) is 0.504. The number of allylic oxidation sites excluding steroid dienone is 1. The number of rotatable bonds is 2. The number of fused-ring (bicyclic) bond motifs is 3. The number of hydrogen-bond donors (Lipinski definition) is 4. The molecule has 8 heteroatoms. The van der Waals surface area contributed by atoms with Crippen molar-refractivity contribution < 1.29 is 39.5 Å². The maximum absolute atomic E-state index is 13.8. The number of carbonyl (C=O) groups is 2. The third-order valence-corrected chi connectivity index (χ3v) is 6.16. The molecule has 1 heterocycles. The lowest BCUT2D eigenvalue weighted by Crippen LogP contribution is -2.40. The predicted octanol–water partition coefficient (Wildman–Crippen LogP) is 3.46. The Labute approximate surface area is 182 Å². The van der Waals surface area contributed by atoms with Crippen LogP contribution < -0.4 is 4.74 Å². The van der Waals surface area contributed by atoms with Gasteiger partial charge in [-0.1, -0.05) is 36.9 Å². The molecule has 2 aliphatic carbocycles. The van der Waals surface area contributed by atoms with Crippen molar-refractivity contribution in [2.75, 3.05) is 7.11 Å². The minimum Gasteiger partial charge on any atom is -0.507 e. The van der Waals surface area contributed by atoms with E-state index in [1.165, 1.54) is 13.2 Å². The molecule has 3 atom stereocenters. The van der Waals surface area contributed by atoms with Gasteiger partial charge in [0.2, 0.25) is 11.5 Å². The fraction of sp³-hybridized carbons (Fsp3) is 0.167.